The average molecular weight is 240 g/mol. The molecule has 0 radical (unpaired) electrons. The van der Waals surface area contributed by atoms with Crippen LogP contribution in [0.3, 0.4) is 0 Å². The first kappa shape index (κ1) is 11.6. The second kappa shape index (κ2) is 3.99. The normalized spacial score (nSPS) is 13.8. The molecule has 0 spiro atoms. The van der Waals surface area contributed by atoms with Gasteiger partial charge in [-0.3, -0.25) is 0 Å². The van der Waals surface area contributed by atoms with Gasteiger partial charge in [0.05, 0.1) is 0 Å². The van der Waals surface area contributed by atoms with Gasteiger partial charge in [0.1, 0.15) is 0 Å². The van der Waals surface area contributed by atoms with E-state index >= 15 is 0 Å². The smallest absolute Gasteiger partial charge is 0.0839 e. The fourth-order valence-electron chi connectivity index (χ4n) is 0.172. The zero-order valence-electron chi connectivity index (χ0n) is 5.95. The molecule has 0 fully saturated rings. The van der Waals surface area contributed by atoms with Gasteiger partial charge < -0.3 is 0 Å². The third kappa shape index (κ3) is 9.57. The van der Waals surface area contributed by atoms with Crippen molar-refractivity contribution in [2.75, 3.05) is 0 Å². The second-order valence-electron chi connectivity index (χ2n) is 2.72. The molecule has 0 aliphatic heterocycles. The van der Waals surface area contributed by atoms with Crippen LogP contribution < -0.4 is 0 Å². The summed E-state index contributed by atoms with van der Waals surface area (Å²) in [5.74, 6) is 0. The van der Waals surface area contributed by atoms with Crippen molar-refractivity contribution in [3.8, 4) is 0 Å². The van der Waals surface area contributed by atoms with Gasteiger partial charge >= 0.3 is 0 Å². The lowest BCUT2D eigenvalue weighted by atomic mass is 10.3. The summed E-state index contributed by atoms with van der Waals surface area (Å²) in [6, 6.07) is 0. The molecule has 0 atom stereocenters. The Morgan fingerprint density at radius 1 is 0.900 bits per heavy atom. The highest BCUT2D eigenvalue weighted by Crippen LogP contribution is 2.50. The summed E-state index contributed by atoms with van der Waals surface area (Å²) < 4.78 is -1.06. The van der Waals surface area contributed by atoms with Crippen molar-refractivity contribution in [3.63, 3.8) is 0 Å². The molecule has 0 bridgehead atoms. The molecular formula is C5H9Cl3S2. The summed E-state index contributed by atoms with van der Waals surface area (Å²) in [5, 5.41) is 0. The van der Waals surface area contributed by atoms with Crippen LogP contribution in [0.1, 0.15) is 20.8 Å². The van der Waals surface area contributed by atoms with Crippen LogP contribution in [0.5, 0.6) is 0 Å². The maximum Gasteiger partial charge on any atom is 0.247 e. The maximum atomic E-state index is 5.51. The SMILES string of the molecule is CC(C)(C)SSC(Cl)(Cl)Cl. The molecule has 0 aromatic carbocycles. The molecule has 0 unspecified atom stereocenters. The maximum absolute atomic E-state index is 5.51. The van der Waals surface area contributed by atoms with E-state index in [4.69, 9.17) is 34.8 Å². The first-order valence-electron chi connectivity index (χ1n) is 2.64. The molecule has 0 saturated carbocycles. The van der Waals surface area contributed by atoms with Crippen molar-refractivity contribution in [1.29, 1.82) is 0 Å². The summed E-state index contributed by atoms with van der Waals surface area (Å²) >= 11 is 16.5. The number of rotatable bonds is 1. The van der Waals surface area contributed by atoms with E-state index in [0.29, 0.717) is 0 Å². The fourth-order valence-corrected chi connectivity index (χ4v) is 2.40. The van der Waals surface area contributed by atoms with Crippen molar-refractivity contribution in [1.82, 2.24) is 0 Å². The van der Waals surface area contributed by atoms with Crippen LogP contribution >= 0.6 is 56.4 Å². The zero-order chi connectivity index (χ0) is 8.41. The molecule has 0 aromatic heterocycles. The minimum Gasteiger partial charge on any atom is -0.0839 e. The van der Waals surface area contributed by atoms with Crippen LogP contribution in [0.4, 0.5) is 0 Å². The van der Waals surface area contributed by atoms with E-state index in [1.54, 1.807) is 10.8 Å². The summed E-state index contributed by atoms with van der Waals surface area (Å²) in [5.41, 5.74) is 0. The van der Waals surface area contributed by atoms with Gasteiger partial charge in [-0.2, -0.15) is 0 Å². The monoisotopic (exact) mass is 238 g/mol. The van der Waals surface area contributed by atoms with Crippen LogP contribution in [0.2, 0.25) is 0 Å². The molecule has 5 heteroatoms. The van der Waals surface area contributed by atoms with Gasteiger partial charge in [-0.05, 0) is 10.8 Å². The molecule has 0 heterocycles. The van der Waals surface area contributed by atoms with Crippen molar-refractivity contribution in [3.05, 3.63) is 0 Å². The van der Waals surface area contributed by atoms with Crippen LogP contribution in [0.25, 0.3) is 0 Å². The molecule has 0 N–H and O–H groups in total. The summed E-state index contributed by atoms with van der Waals surface area (Å²) in [4.78, 5) is 0. The third-order valence-electron chi connectivity index (χ3n) is 0.386. The topological polar surface area (TPSA) is 0 Å². The number of hydrogen-bond donors (Lipinski definition) is 0. The van der Waals surface area contributed by atoms with Gasteiger partial charge in [-0.15, -0.1) is 0 Å². The lowest BCUT2D eigenvalue weighted by molar-refractivity contribution is 0.810. The standard InChI is InChI=1S/C5H9Cl3S2/c1-4(2,3)9-10-5(6,7)8/h1-3H3. The lowest BCUT2D eigenvalue weighted by Gasteiger charge is -2.19. The lowest BCUT2D eigenvalue weighted by Crippen LogP contribution is -2.06. The zero-order valence-corrected chi connectivity index (χ0v) is 9.85. The Kier molecular flexibility index (Phi) is 4.62. The second-order valence-corrected chi connectivity index (χ2v) is 8.85. The first-order valence-corrected chi connectivity index (χ1v) is 5.93. The van der Waals surface area contributed by atoms with Crippen molar-refractivity contribution < 1.29 is 0 Å². The van der Waals surface area contributed by atoms with Crippen LogP contribution in [-0.4, -0.2) is 7.87 Å². The molecule has 0 rings (SSSR count). The Bertz CT molecular complexity index is 88.4. The van der Waals surface area contributed by atoms with E-state index in [-0.39, 0.29) is 4.75 Å². The Balaban J connectivity index is 3.56. The third-order valence-corrected chi connectivity index (χ3v) is 5.18. The van der Waals surface area contributed by atoms with E-state index in [2.05, 4.69) is 20.8 Å². The van der Waals surface area contributed by atoms with Gasteiger partial charge in [0.15, 0.2) is 0 Å². The van der Waals surface area contributed by atoms with Gasteiger partial charge in [0.25, 0.3) is 0 Å². The largest absolute Gasteiger partial charge is 0.247 e. The van der Waals surface area contributed by atoms with Crippen LogP contribution in [-0.2, 0) is 0 Å². The van der Waals surface area contributed by atoms with Gasteiger partial charge in [-0.25, -0.2) is 0 Å². The number of halogens is 3. The highest BCUT2D eigenvalue weighted by molar-refractivity contribution is 8.78. The van der Waals surface area contributed by atoms with E-state index in [0.717, 1.165) is 0 Å². The summed E-state index contributed by atoms with van der Waals surface area (Å²) in [6.45, 7) is 6.21. The molecule has 0 amide bonds. The Labute approximate surface area is 84.8 Å². The van der Waals surface area contributed by atoms with Gasteiger partial charge in [0, 0.05) is 4.75 Å². The average Bonchev–Trinajstić information content (AvgIpc) is 1.57. The Hall–Kier alpha value is 1.57. The van der Waals surface area contributed by atoms with Gasteiger partial charge in [-0.1, -0.05) is 66.4 Å². The summed E-state index contributed by atoms with van der Waals surface area (Å²) in [6.07, 6.45) is 0. The molecule has 62 valence electrons. The predicted molar refractivity (Wildman–Crippen MR) is 55.2 cm³/mol. The quantitative estimate of drug-likeness (QED) is 0.488. The highest BCUT2D eigenvalue weighted by atomic mass is 35.6. The molecule has 0 nitrogen and oxygen atoms in total. The minimum absolute atomic E-state index is 0.134. The molecule has 0 aliphatic rings. The Morgan fingerprint density at radius 3 is 1.40 bits per heavy atom. The number of hydrogen-bond acceptors (Lipinski definition) is 2. The molecule has 0 saturated heterocycles. The van der Waals surface area contributed by atoms with Crippen molar-refractivity contribution in [2.45, 2.75) is 28.6 Å². The highest BCUT2D eigenvalue weighted by Gasteiger charge is 2.24. The van der Waals surface area contributed by atoms with Crippen molar-refractivity contribution in [2.24, 2.45) is 0 Å². The molecule has 10 heavy (non-hydrogen) atoms. The first-order chi connectivity index (χ1) is 4.21. The van der Waals surface area contributed by atoms with E-state index < -0.39 is 3.12 Å². The van der Waals surface area contributed by atoms with Crippen molar-refractivity contribution >= 4 is 56.4 Å². The fraction of sp³-hybridized carbons (Fsp3) is 1.00. The van der Waals surface area contributed by atoms with Crippen LogP contribution in [0.15, 0.2) is 0 Å². The predicted octanol–water partition coefficient (Wildman–Crippen LogP) is 4.49. The molecule has 0 aromatic rings. The Morgan fingerprint density at radius 2 is 1.30 bits per heavy atom. The summed E-state index contributed by atoms with van der Waals surface area (Å²) in [7, 11) is 2.81. The van der Waals surface area contributed by atoms with E-state index in [9.17, 15) is 0 Å². The minimum atomic E-state index is -1.20. The molecule has 0 aliphatic carbocycles. The van der Waals surface area contributed by atoms with Gasteiger partial charge in [0.2, 0.25) is 3.12 Å². The number of alkyl halides is 3. The van der Waals surface area contributed by atoms with E-state index in [1.165, 1.54) is 10.8 Å². The molecular weight excluding hydrogens is 231 g/mol. The van der Waals surface area contributed by atoms with Crippen LogP contribution in [0, 0.1) is 0 Å². The van der Waals surface area contributed by atoms with E-state index in [1.807, 2.05) is 0 Å².